The van der Waals surface area contributed by atoms with Gasteiger partial charge in [-0.25, -0.2) is 0 Å². The van der Waals surface area contributed by atoms with Crippen LogP contribution in [0.25, 0.3) is 0 Å². The van der Waals surface area contributed by atoms with Crippen LogP contribution in [-0.2, 0) is 5.54 Å². The lowest BCUT2D eigenvalue weighted by atomic mass is 9.78. The fourth-order valence-electron chi connectivity index (χ4n) is 2.33. The van der Waals surface area contributed by atoms with Crippen LogP contribution < -0.4 is 11.2 Å². The second-order valence-corrected chi connectivity index (χ2v) is 4.56. The van der Waals surface area contributed by atoms with Crippen LogP contribution in [-0.4, -0.2) is 6.98 Å². The molecule has 0 saturated heterocycles. The van der Waals surface area contributed by atoms with E-state index in [0.717, 1.165) is 43.4 Å². The zero-order valence-corrected chi connectivity index (χ0v) is 8.93. The quantitative estimate of drug-likeness (QED) is 0.773. The smallest absolute Gasteiger partial charge is 0.445 e. The van der Waals surface area contributed by atoms with Gasteiger partial charge in [0.15, 0.2) is 0 Å². The van der Waals surface area contributed by atoms with Crippen LogP contribution in [0.5, 0.6) is 0 Å². The lowest BCUT2D eigenvalue weighted by molar-refractivity contribution is 0.461. The summed E-state index contributed by atoms with van der Waals surface area (Å²) in [7, 11) is 0. The van der Waals surface area contributed by atoms with E-state index < -0.39 is 18.0 Å². The normalized spacial score (nSPS) is 20.0. The molecule has 2 N–H and O–H groups in total. The minimum Gasteiger partial charge on any atom is -0.445 e. The van der Waals surface area contributed by atoms with Crippen molar-refractivity contribution in [2.24, 2.45) is 5.73 Å². The van der Waals surface area contributed by atoms with Crippen LogP contribution in [0.3, 0.4) is 0 Å². The number of hydrogen-bond acceptors (Lipinski definition) is 1. The van der Waals surface area contributed by atoms with Gasteiger partial charge in [0, 0.05) is 5.54 Å². The molecule has 0 atom stereocenters. The maximum absolute atomic E-state index is 12.4. The molecule has 1 aliphatic carbocycles. The first-order valence-corrected chi connectivity index (χ1v) is 5.51. The summed E-state index contributed by atoms with van der Waals surface area (Å²) in [6, 6.07) is 5.33. The van der Waals surface area contributed by atoms with Gasteiger partial charge in [-0.3, -0.25) is 0 Å². The minimum absolute atomic E-state index is 0.406. The van der Waals surface area contributed by atoms with E-state index in [1.165, 1.54) is 12.1 Å². The van der Waals surface area contributed by atoms with Crippen molar-refractivity contribution >= 4 is 12.4 Å². The maximum Gasteiger partial charge on any atom is 0.509 e. The molecule has 16 heavy (non-hydrogen) atoms. The molecule has 0 heterocycles. The van der Waals surface area contributed by atoms with E-state index in [2.05, 4.69) is 0 Å². The molecule has 0 aromatic heterocycles. The molecule has 2 rings (SSSR count). The maximum atomic E-state index is 12.4. The van der Waals surface area contributed by atoms with Crippen LogP contribution in [0.2, 0.25) is 0 Å². The van der Waals surface area contributed by atoms with Crippen molar-refractivity contribution < 1.29 is 12.9 Å². The molecule has 1 aromatic rings. The average molecular weight is 228 g/mol. The molecule has 88 valence electrons. The SMILES string of the molecule is NC1(c2ccc([B-](F)(F)F)cc2)CCCC1. The van der Waals surface area contributed by atoms with Crippen LogP contribution in [0.1, 0.15) is 31.2 Å². The summed E-state index contributed by atoms with van der Waals surface area (Å²) < 4.78 is 37.3. The van der Waals surface area contributed by atoms with Gasteiger partial charge in [0.1, 0.15) is 0 Å². The van der Waals surface area contributed by atoms with E-state index in [1.54, 1.807) is 0 Å². The molecule has 0 aliphatic heterocycles. The zero-order chi connectivity index (χ0) is 11.8. The fraction of sp³-hybridized carbons (Fsp3) is 0.455. The van der Waals surface area contributed by atoms with E-state index >= 15 is 0 Å². The molecule has 5 heteroatoms. The highest BCUT2D eigenvalue weighted by Crippen LogP contribution is 2.35. The van der Waals surface area contributed by atoms with Crippen molar-refractivity contribution in [3.8, 4) is 0 Å². The van der Waals surface area contributed by atoms with E-state index in [9.17, 15) is 12.9 Å². The Labute approximate surface area is 92.9 Å². The van der Waals surface area contributed by atoms with Gasteiger partial charge in [-0.15, -0.1) is 5.46 Å². The predicted molar refractivity (Wildman–Crippen MR) is 59.5 cm³/mol. The summed E-state index contributed by atoms with van der Waals surface area (Å²) in [5.41, 5.74) is 6.03. The number of rotatable bonds is 2. The largest absolute Gasteiger partial charge is 0.509 e. The number of benzene rings is 1. The van der Waals surface area contributed by atoms with Gasteiger partial charge in [-0.05, 0) is 18.4 Å². The molecule has 0 bridgehead atoms. The number of halogens is 3. The van der Waals surface area contributed by atoms with E-state index in [0.29, 0.717) is 0 Å². The molecule has 1 nitrogen and oxygen atoms in total. The van der Waals surface area contributed by atoms with Gasteiger partial charge in [0.25, 0.3) is 0 Å². The third-order valence-corrected chi connectivity index (χ3v) is 3.36. The first-order valence-electron chi connectivity index (χ1n) is 5.51. The molecular weight excluding hydrogens is 214 g/mol. The summed E-state index contributed by atoms with van der Waals surface area (Å²) in [4.78, 5) is 0. The number of nitrogens with two attached hydrogens (primary N) is 1. The number of hydrogen-bond donors (Lipinski definition) is 1. The Kier molecular flexibility index (Phi) is 2.74. The van der Waals surface area contributed by atoms with Gasteiger partial charge < -0.3 is 18.7 Å². The van der Waals surface area contributed by atoms with E-state index in [1.807, 2.05) is 0 Å². The summed E-state index contributed by atoms with van der Waals surface area (Å²) in [6.07, 6.45) is 3.84. The summed E-state index contributed by atoms with van der Waals surface area (Å²) in [6.45, 7) is -4.89. The third kappa shape index (κ3) is 2.09. The summed E-state index contributed by atoms with van der Waals surface area (Å²) in [5.74, 6) is 0. The highest BCUT2D eigenvalue weighted by atomic mass is 19.4. The Bertz CT molecular complexity index is 366. The molecule has 1 aromatic carbocycles. The Morgan fingerprint density at radius 2 is 1.50 bits per heavy atom. The first-order chi connectivity index (χ1) is 7.42. The Hall–Kier alpha value is -0.965. The predicted octanol–water partition coefficient (Wildman–Crippen LogP) is 2.47. The molecule has 0 radical (unpaired) electrons. The highest BCUT2D eigenvalue weighted by molar-refractivity contribution is 6.73. The monoisotopic (exact) mass is 228 g/mol. The third-order valence-electron chi connectivity index (χ3n) is 3.36. The standard InChI is InChI=1S/C11H14BF3N/c13-12(14,15)10-5-3-9(4-6-10)11(16)7-1-2-8-11/h3-6H,1-2,7-8,16H2/q-1. The topological polar surface area (TPSA) is 26.0 Å². The Balaban J connectivity index is 2.26. The van der Waals surface area contributed by atoms with Crippen LogP contribution in [0.15, 0.2) is 24.3 Å². The molecular formula is C11H14BF3N-. The molecule has 1 fully saturated rings. The van der Waals surface area contributed by atoms with Gasteiger partial charge in [-0.1, -0.05) is 37.1 Å². The summed E-state index contributed by atoms with van der Waals surface area (Å²) >= 11 is 0. The lowest BCUT2D eigenvalue weighted by Gasteiger charge is -2.25. The Morgan fingerprint density at radius 1 is 1.00 bits per heavy atom. The van der Waals surface area contributed by atoms with Gasteiger partial charge in [0.05, 0.1) is 0 Å². The average Bonchev–Trinajstić information content (AvgIpc) is 2.66. The second-order valence-electron chi connectivity index (χ2n) is 4.56. The molecule has 0 spiro atoms. The zero-order valence-electron chi connectivity index (χ0n) is 8.93. The second kappa shape index (κ2) is 3.80. The molecule has 1 aliphatic rings. The van der Waals surface area contributed by atoms with Crippen molar-refractivity contribution in [2.75, 3.05) is 0 Å². The van der Waals surface area contributed by atoms with Crippen LogP contribution in [0.4, 0.5) is 12.9 Å². The van der Waals surface area contributed by atoms with Crippen LogP contribution >= 0.6 is 0 Å². The van der Waals surface area contributed by atoms with Gasteiger partial charge in [-0.2, -0.15) is 0 Å². The van der Waals surface area contributed by atoms with Crippen molar-refractivity contribution in [1.82, 2.24) is 0 Å². The van der Waals surface area contributed by atoms with E-state index in [-0.39, 0.29) is 0 Å². The van der Waals surface area contributed by atoms with E-state index in [4.69, 9.17) is 5.73 Å². The van der Waals surface area contributed by atoms with Crippen molar-refractivity contribution in [3.63, 3.8) is 0 Å². The summed E-state index contributed by atoms with van der Waals surface area (Å²) in [5, 5.41) is 0. The first kappa shape index (κ1) is 11.5. The van der Waals surface area contributed by atoms with Crippen molar-refractivity contribution in [1.29, 1.82) is 0 Å². The molecule has 0 amide bonds. The van der Waals surface area contributed by atoms with Crippen LogP contribution in [0, 0.1) is 0 Å². The Morgan fingerprint density at radius 3 is 1.94 bits per heavy atom. The van der Waals surface area contributed by atoms with Crippen molar-refractivity contribution in [2.45, 2.75) is 31.2 Å². The van der Waals surface area contributed by atoms with Gasteiger partial charge in [0.2, 0.25) is 0 Å². The molecule has 0 unspecified atom stereocenters. The van der Waals surface area contributed by atoms with Crippen molar-refractivity contribution in [3.05, 3.63) is 29.8 Å². The highest BCUT2D eigenvalue weighted by Gasteiger charge is 2.32. The van der Waals surface area contributed by atoms with Gasteiger partial charge >= 0.3 is 6.98 Å². The molecule has 1 saturated carbocycles. The lowest BCUT2D eigenvalue weighted by Crippen LogP contribution is -2.36. The minimum atomic E-state index is -4.89. The fourth-order valence-corrected chi connectivity index (χ4v) is 2.33.